The SMILES string of the molecule is CCC[C@H](C)Oc1nc(N)c2ncc(CC3CCN(C)C(CNC)C3)n2n1. The van der Waals surface area contributed by atoms with E-state index in [9.17, 15) is 0 Å². The second-order valence-corrected chi connectivity index (χ2v) is 7.77. The Morgan fingerprint density at radius 3 is 3.00 bits per heavy atom. The van der Waals surface area contributed by atoms with Gasteiger partial charge in [-0.25, -0.2) is 9.50 Å². The summed E-state index contributed by atoms with van der Waals surface area (Å²) in [5.74, 6) is 0.977. The van der Waals surface area contributed by atoms with E-state index >= 15 is 0 Å². The number of hydrogen-bond donors (Lipinski definition) is 2. The Morgan fingerprint density at radius 2 is 2.26 bits per heavy atom. The molecule has 0 aromatic carbocycles. The molecule has 0 aliphatic carbocycles. The van der Waals surface area contributed by atoms with Gasteiger partial charge in [-0.05, 0) is 59.2 Å². The van der Waals surface area contributed by atoms with Crippen LogP contribution in [-0.2, 0) is 6.42 Å². The highest BCUT2D eigenvalue weighted by atomic mass is 16.5. The molecule has 1 saturated heterocycles. The van der Waals surface area contributed by atoms with Crippen LogP contribution in [0.1, 0.15) is 45.2 Å². The van der Waals surface area contributed by atoms with Gasteiger partial charge < -0.3 is 20.7 Å². The van der Waals surface area contributed by atoms with Crippen molar-refractivity contribution in [1.29, 1.82) is 0 Å². The van der Waals surface area contributed by atoms with E-state index in [4.69, 9.17) is 10.5 Å². The van der Waals surface area contributed by atoms with Crippen LogP contribution in [0.3, 0.4) is 0 Å². The van der Waals surface area contributed by atoms with Gasteiger partial charge in [0.2, 0.25) is 0 Å². The number of likely N-dealkylation sites (N-methyl/N-ethyl adjacent to an activating group) is 2. The third-order valence-corrected chi connectivity index (χ3v) is 5.50. The third-order valence-electron chi connectivity index (χ3n) is 5.50. The first kappa shape index (κ1) is 19.8. The largest absolute Gasteiger partial charge is 0.459 e. The number of hydrogen-bond acceptors (Lipinski definition) is 7. The van der Waals surface area contributed by atoms with Crippen molar-refractivity contribution in [1.82, 2.24) is 29.8 Å². The van der Waals surface area contributed by atoms with Gasteiger partial charge in [-0.1, -0.05) is 13.3 Å². The summed E-state index contributed by atoms with van der Waals surface area (Å²) in [5.41, 5.74) is 7.79. The number of ether oxygens (including phenoxy) is 1. The van der Waals surface area contributed by atoms with Gasteiger partial charge in [0.15, 0.2) is 11.5 Å². The zero-order valence-electron chi connectivity index (χ0n) is 17.0. The number of nitrogens with zero attached hydrogens (tertiary/aromatic N) is 5. The highest BCUT2D eigenvalue weighted by molar-refractivity contribution is 5.59. The van der Waals surface area contributed by atoms with E-state index in [1.807, 2.05) is 24.7 Å². The molecule has 1 fully saturated rings. The third kappa shape index (κ3) is 4.68. The van der Waals surface area contributed by atoms with Gasteiger partial charge in [-0.15, -0.1) is 5.10 Å². The van der Waals surface area contributed by atoms with Gasteiger partial charge in [0, 0.05) is 12.6 Å². The van der Waals surface area contributed by atoms with E-state index in [2.05, 4.69) is 39.3 Å². The van der Waals surface area contributed by atoms with Crippen LogP contribution in [0, 0.1) is 5.92 Å². The Labute approximate surface area is 161 Å². The summed E-state index contributed by atoms with van der Waals surface area (Å²) < 4.78 is 7.68. The molecule has 1 aliphatic heterocycles. The number of aromatic nitrogens is 4. The molecule has 0 spiro atoms. The van der Waals surface area contributed by atoms with Crippen molar-refractivity contribution >= 4 is 11.5 Å². The highest BCUT2D eigenvalue weighted by Gasteiger charge is 2.27. The van der Waals surface area contributed by atoms with Crippen LogP contribution in [0.2, 0.25) is 0 Å². The molecule has 27 heavy (non-hydrogen) atoms. The van der Waals surface area contributed by atoms with Crippen molar-refractivity contribution < 1.29 is 4.74 Å². The van der Waals surface area contributed by atoms with Crippen LogP contribution in [0.25, 0.3) is 5.65 Å². The number of piperidine rings is 1. The first-order chi connectivity index (χ1) is 13.0. The first-order valence-electron chi connectivity index (χ1n) is 10.0. The molecule has 8 heteroatoms. The fourth-order valence-corrected chi connectivity index (χ4v) is 3.97. The number of imidazole rings is 1. The van der Waals surface area contributed by atoms with E-state index < -0.39 is 0 Å². The lowest BCUT2D eigenvalue weighted by Crippen LogP contribution is -2.45. The molecule has 0 bridgehead atoms. The fourth-order valence-electron chi connectivity index (χ4n) is 3.97. The van der Waals surface area contributed by atoms with Crippen LogP contribution >= 0.6 is 0 Å². The van der Waals surface area contributed by atoms with Crippen molar-refractivity contribution in [2.75, 3.05) is 32.9 Å². The molecule has 0 saturated carbocycles. The Bertz CT molecular complexity index is 747. The summed E-state index contributed by atoms with van der Waals surface area (Å²) in [5, 5.41) is 7.88. The van der Waals surface area contributed by atoms with Crippen molar-refractivity contribution in [3.05, 3.63) is 11.9 Å². The van der Waals surface area contributed by atoms with Gasteiger partial charge in [0.25, 0.3) is 0 Å². The average Bonchev–Trinajstić information content (AvgIpc) is 3.01. The number of likely N-dealkylation sites (tertiary alicyclic amines) is 1. The van der Waals surface area contributed by atoms with Crippen LogP contribution < -0.4 is 15.8 Å². The minimum Gasteiger partial charge on any atom is -0.459 e. The number of nitrogen functional groups attached to an aromatic ring is 1. The molecule has 1 aliphatic rings. The standard InChI is InChI=1S/C19H33N7O/c1-5-6-13(2)27-19-23-17(20)18-22-12-16(26(18)24-19)10-14-7-8-25(4)15(9-14)11-21-3/h12-15,21H,5-11H2,1-4H3,(H2,20,23,24)/t13-,14?,15?/m0/s1. The second kappa shape index (κ2) is 8.84. The number of rotatable bonds is 8. The van der Waals surface area contributed by atoms with Gasteiger partial charge in [-0.2, -0.15) is 4.98 Å². The lowest BCUT2D eigenvalue weighted by Gasteiger charge is -2.37. The molecule has 0 amide bonds. The summed E-state index contributed by atoms with van der Waals surface area (Å²) in [7, 11) is 4.23. The summed E-state index contributed by atoms with van der Waals surface area (Å²) in [6.07, 6.45) is 7.25. The molecule has 3 N–H and O–H groups in total. The second-order valence-electron chi connectivity index (χ2n) is 7.77. The average molecular weight is 376 g/mol. The van der Waals surface area contributed by atoms with Crippen molar-refractivity contribution in [2.45, 2.75) is 58.1 Å². The molecule has 8 nitrogen and oxygen atoms in total. The van der Waals surface area contributed by atoms with Crippen molar-refractivity contribution in [2.24, 2.45) is 5.92 Å². The Kier molecular flexibility index (Phi) is 6.49. The molecular weight excluding hydrogens is 342 g/mol. The molecule has 2 unspecified atom stereocenters. The topological polar surface area (TPSA) is 93.6 Å². The maximum atomic E-state index is 6.10. The molecule has 3 heterocycles. The molecular formula is C19H33N7O. The number of anilines is 1. The van der Waals surface area contributed by atoms with E-state index in [0.717, 1.165) is 38.0 Å². The van der Waals surface area contributed by atoms with Gasteiger partial charge in [0.1, 0.15) is 0 Å². The minimum absolute atomic E-state index is 0.0648. The highest BCUT2D eigenvalue weighted by Crippen LogP contribution is 2.26. The normalized spacial score (nSPS) is 22.2. The molecule has 150 valence electrons. The van der Waals surface area contributed by atoms with E-state index in [-0.39, 0.29) is 6.10 Å². The number of nitrogens with two attached hydrogens (primary N) is 1. The van der Waals surface area contributed by atoms with E-state index in [1.54, 1.807) is 0 Å². The predicted molar refractivity (Wildman–Crippen MR) is 107 cm³/mol. The Balaban J connectivity index is 1.77. The van der Waals surface area contributed by atoms with Crippen LogP contribution in [-0.4, -0.2) is 63.8 Å². The Morgan fingerprint density at radius 1 is 1.44 bits per heavy atom. The van der Waals surface area contributed by atoms with Gasteiger partial charge in [0.05, 0.1) is 18.0 Å². The molecule has 2 aromatic rings. The predicted octanol–water partition coefficient (Wildman–Crippen LogP) is 1.75. The molecule has 3 atom stereocenters. The number of nitrogens with one attached hydrogen (secondary N) is 1. The summed E-state index contributed by atoms with van der Waals surface area (Å²) in [4.78, 5) is 11.2. The summed E-state index contributed by atoms with van der Waals surface area (Å²) in [6.45, 7) is 6.30. The maximum absolute atomic E-state index is 6.10. The smallest absolute Gasteiger partial charge is 0.336 e. The first-order valence-corrected chi connectivity index (χ1v) is 10.0. The number of fused-ring (bicyclic) bond motifs is 1. The van der Waals surface area contributed by atoms with Crippen molar-refractivity contribution in [3.63, 3.8) is 0 Å². The lowest BCUT2D eigenvalue weighted by atomic mass is 9.87. The van der Waals surface area contributed by atoms with Gasteiger partial charge >= 0.3 is 6.01 Å². The van der Waals surface area contributed by atoms with Crippen LogP contribution in [0.5, 0.6) is 6.01 Å². The van der Waals surface area contributed by atoms with Crippen molar-refractivity contribution in [3.8, 4) is 6.01 Å². The molecule has 3 rings (SSSR count). The summed E-state index contributed by atoms with van der Waals surface area (Å²) in [6, 6.07) is 0.901. The van der Waals surface area contributed by atoms with E-state index in [1.165, 1.54) is 12.8 Å². The van der Waals surface area contributed by atoms with Crippen LogP contribution in [0.15, 0.2) is 6.20 Å². The maximum Gasteiger partial charge on any atom is 0.336 e. The minimum atomic E-state index is 0.0648. The monoisotopic (exact) mass is 375 g/mol. The molecule has 2 aromatic heterocycles. The zero-order valence-corrected chi connectivity index (χ0v) is 17.0. The van der Waals surface area contributed by atoms with Crippen LogP contribution in [0.4, 0.5) is 5.82 Å². The molecule has 0 radical (unpaired) electrons. The Hall–Kier alpha value is -1.93. The van der Waals surface area contributed by atoms with E-state index in [0.29, 0.717) is 29.4 Å². The lowest BCUT2D eigenvalue weighted by molar-refractivity contribution is 0.140. The summed E-state index contributed by atoms with van der Waals surface area (Å²) >= 11 is 0. The zero-order chi connectivity index (χ0) is 19.4. The van der Waals surface area contributed by atoms with Gasteiger partial charge in [-0.3, -0.25) is 0 Å². The quantitative estimate of drug-likeness (QED) is 0.726. The fraction of sp³-hybridized carbons (Fsp3) is 0.737.